The molecule has 3 rings (SSSR count). The van der Waals surface area contributed by atoms with Crippen molar-refractivity contribution in [3.05, 3.63) is 40.5 Å². The Balaban J connectivity index is 2.63. The van der Waals surface area contributed by atoms with Gasteiger partial charge in [0.25, 0.3) is 5.69 Å². The second kappa shape index (κ2) is 3.81. The molecule has 5 nitrogen and oxygen atoms in total. The smallest absolute Gasteiger partial charge is 0.295 e. The van der Waals surface area contributed by atoms with Crippen LogP contribution in [0.5, 0.6) is 0 Å². The Hall–Kier alpha value is -1.89. The lowest BCUT2D eigenvalue weighted by molar-refractivity contribution is -0.606. The first-order chi connectivity index (χ1) is 8.63. The SMILES string of the molecule is N#Cc1cc2c3c(Cl)ccnc3n(P)c2c[n+]1[O-]. The van der Waals surface area contributed by atoms with Gasteiger partial charge in [0.1, 0.15) is 11.2 Å². The number of halogens is 1. The Bertz CT molecular complexity index is 837. The Kier molecular flexibility index (Phi) is 2.37. The average molecular weight is 277 g/mol. The Morgan fingerprint density at radius 2 is 2.33 bits per heavy atom. The molecule has 0 fully saturated rings. The van der Waals surface area contributed by atoms with E-state index < -0.39 is 0 Å². The van der Waals surface area contributed by atoms with E-state index in [4.69, 9.17) is 16.9 Å². The van der Waals surface area contributed by atoms with Gasteiger partial charge in [-0.05, 0) is 15.5 Å². The molecule has 1 unspecified atom stereocenters. The summed E-state index contributed by atoms with van der Waals surface area (Å²) in [4.78, 5) is 4.23. The molecule has 3 aromatic rings. The van der Waals surface area contributed by atoms with Crippen LogP contribution < -0.4 is 4.73 Å². The first-order valence-electron chi connectivity index (χ1n) is 5.00. The van der Waals surface area contributed by atoms with Crippen molar-refractivity contribution in [1.29, 1.82) is 5.26 Å². The number of nitrogens with zero attached hydrogens (tertiary/aromatic N) is 4. The third-order valence-corrected chi connectivity index (χ3v) is 3.62. The lowest BCUT2D eigenvalue weighted by Gasteiger charge is -1.99. The van der Waals surface area contributed by atoms with Crippen molar-refractivity contribution in [2.24, 2.45) is 0 Å². The van der Waals surface area contributed by atoms with Gasteiger partial charge < -0.3 is 9.54 Å². The number of fused-ring (bicyclic) bond motifs is 3. The van der Waals surface area contributed by atoms with E-state index in [1.165, 1.54) is 12.3 Å². The molecule has 0 saturated heterocycles. The van der Waals surface area contributed by atoms with Gasteiger partial charge in [-0.2, -0.15) is 9.99 Å². The topological polar surface area (TPSA) is 68.5 Å². The Morgan fingerprint density at radius 3 is 3.06 bits per heavy atom. The van der Waals surface area contributed by atoms with E-state index >= 15 is 0 Å². The van der Waals surface area contributed by atoms with Crippen LogP contribution in [-0.2, 0) is 0 Å². The van der Waals surface area contributed by atoms with Gasteiger partial charge >= 0.3 is 0 Å². The van der Waals surface area contributed by atoms with E-state index in [0.717, 1.165) is 10.8 Å². The molecule has 0 amide bonds. The molecule has 1 atom stereocenters. The van der Waals surface area contributed by atoms with Crippen LogP contribution in [-0.4, -0.2) is 9.32 Å². The van der Waals surface area contributed by atoms with E-state index in [2.05, 4.69) is 14.4 Å². The maximum atomic E-state index is 11.6. The largest absolute Gasteiger partial charge is 0.618 e. The molecule has 18 heavy (non-hydrogen) atoms. The van der Waals surface area contributed by atoms with E-state index in [0.29, 0.717) is 20.9 Å². The fraction of sp³-hybridized carbons (Fsp3) is 0. The minimum absolute atomic E-state index is 0.0277. The van der Waals surface area contributed by atoms with Crippen molar-refractivity contribution in [1.82, 2.24) is 9.32 Å². The standard InChI is InChI=1S/C11H6ClN4OP/c12-8-1-2-14-11-10(8)7-3-6(4-13)15(17)5-9(7)16(11)18/h1-3,5H,18H2. The molecule has 88 valence electrons. The molecule has 0 aromatic carbocycles. The number of hydrogen-bond donors (Lipinski definition) is 0. The Morgan fingerprint density at radius 1 is 1.56 bits per heavy atom. The monoisotopic (exact) mass is 276 g/mol. The summed E-state index contributed by atoms with van der Waals surface area (Å²) in [5.41, 5.74) is 1.34. The van der Waals surface area contributed by atoms with Gasteiger partial charge in [-0.1, -0.05) is 11.6 Å². The van der Waals surface area contributed by atoms with Crippen molar-refractivity contribution >= 4 is 42.9 Å². The van der Waals surface area contributed by atoms with Crippen molar-refractivity contribution in [2.75, 3.05) is 0 Å². The molecule has 0 N–H and O–H groups in total. The summed E-state index contributed by atoms with van der Waals surface area (Å²) < 4.78 is 2.24. The third kappa shape index (κ3) is 1.37. The molecule has 0 bridgehead atoms. The lowest BCUT2D eigenvalue weighted by Crippen LogP contribution is -2.29. The molecule has 3 aromatic heterocycles. The van der Waals surface area contributed by atoms with Crippen molar-refractivity contribution in [3.8, 4) is 6.07 Å². The van der Waals surface area contributed by atoms with Gasteiger partial charge in [-0.15, -0.1) is 0 Å². The minimum atomic E-state index is 0.0277. The zero-order valence-electron chi connectivity index (χ0n) is 8.96. The quantitative estimate of drug-likeness (QED) is 0.358. The first kappa shape index (κ1) is 11.2. The van der Waals surface area contributed by atoms with Crippen LogP contribution in [0.1, 0.15) is 5.69 Å². The fourth-order valence-corrected chi connectivity index (χ4v) is 2.62. The maximum Gasteiger partial charge on any atom is 0.295 e. The van der Waals surface area contributed by atoms with Crippen LogP contribution >= 0.6 is 21.0 Å². The van der Waals surface area contributed by atoms with Crippen LogP contribution in [0.15, 0.2) is 24.5 Å². The van der Waals surface area contributed by atoms with Gasteiger partial charge in [-0.3, -0.25) is 0 Å². The van der Waals surface area contributed by atoms with Crippen LogP contribution in [0.4, 0.5) is 0 Å². The number of pyridine rings is 2. The van der Waals surface area contributed by atoms with Crippen molar-refractivity contribution in [3.63, 3.8) is 0 Å². The highest BCUT2D eigenvalue weighted by Gasteiger charge is 2.17. The summed E-state index contributed by atoms with van der Waals surface area (Å²) in [6.45, 7) is 0. The zero-order chi connectivity index (χ0) is 12.9. The van der Waals surface area contributed by atoms with Gasteiger partial charge in [-0.25, -0.2) is 4.98 Å². The summed E-state index contributed by atoms with van der Waals surface area (Å²) >= 11 is 6.15. The average Bonchev–Trinajstić information content (AvgIpc) is 2.63. The molecular formula is C11H6ClN4OP. The fourth-order valence-electron chi connectivity index (χ4n) is 1.97. The predicted molar refractivity (Wildman–Crippen MR) is 71.0 cm³/mol. The highest BCUT2D eigenvalue weighted by Crippen LogP contribution is 2.33. The highest BCUT2D eigenvalue weighted by atomic mass is 35.5. The predicted octanol–water partition coefficient (Wildman–Crippen LogP) is 1.99. The minimum Gasteiger partial charge on any atom is -0.618 e. The van der Waals surface area contributed by atoms with Crippen LogP contribution in [0.2, 0.25) is 5.02 Å². The summed E-state index contributed by atoms with van der Waals surface area (Å²) in [5, 5.41) is 22.5. The molecule has 7 heteroatoms. The first-order valence-corrected chi connectivity index (χ1v) is 5.90. The van der Waals surface area contributed by atoms with Gasteiger partial charge in [0, 0.05) is 23.0 Å². The number of nitriles is 1. The van der Waals surface area contributed by atoms with E-state index in [-0.39, 0.29) is 5.69 Å². The second-order valence-corrected chi connectivity index (χ2v) is 4.68. The molecule has 0 aliphatic heterocycles. The van der Waals surface area contributed by atoms with Crippen LogP contribution in [0.25, 0.3) is 21.9 Å². The highest BCUT2D eigenvalue weighted by molar-refractivity contribution is 7.15. The van der Waals surface area contributed by atoms with Gasteiger partial charge in [0.15, 0.2) is 6.07 Å². The third-order valence-electron chi connectivity index (χ3n) is 2.79. The zero-order valence-corrected chi connectivity index (χ0v) is 10.9. The van der Waals surface area contributed by atoms with E-state index in [1.807, 2.05) is 6.07 Å². The van der Waals surface area contributed by atoms with Gasteiger partial charge in [0.2, 0.25) is 6.20 Å². The molecular weight excluding hydrogens is 271 g/mol. The van der Waals surface area contributed by atoms with Crippen molar-refractivity contribution < 1.29 is 4.73 Å². The molecule has 3 heterocycles. The summed E-state index contributed by atoms with van der Waals surface area (Å²) in [6.07, 6.45) is 2.94. The molecule has 0 aliphatic rings. The molecule has 0 spiro atoms. The molecule has 0 radical (unpaired) electrons. The van der Waals surface area contributed by atoms with Crippen LogP contribution in [0, 0.1) is 16.5 Å². The normalized spacial score (nSPS) is 10.9. The second-order valence-electron chi connectivity index (χ2n) is 3.76. The van der Waals surface area contributed by atoms with Crippen LogP contribution in [0.3, 0.4) is 0 Å². The maximum absolute atomic E-state index is 11.6. The number of aromatic nitrogens is 3. The van der Waals surface area contributed by atoms with Crippen molar-refractivity contribution in [2.45, 2.75) is 0 Å². The number of hydrogen-bond acceptors (Lipinski definition) is 3. The summed E-state index contributed by atoms with van der Waals surface area (Å²) in [7, 11) is 2.48. The van der Waals surface area contributed by atoms with E-state index in [9.17, 15) is 5.21 Å². The number of rotatable bonds is 0. The summed E-state index contributed by atoms with van der Waals surface area (Å²) in [6, 6.07) is 5.06. The summed E-state index contributed by atoms with van der Waals surface area (Å²) in [5.74, 6) is 0. The molecule has 0 aliphatic carbocycles. The molecule has 0 saturated carbocycles. The lowest BCUT2D eigenvalue weighted by atomic mass is 10.2. The van der Waals surface area contributed by atoms with Gasteiger partial charge in [0.05, 0.1) is 5.02 Å². The van der Waals surface area contributed by atoms with E-state index in [1.54, 1.807) is 16.6 Å². The Labute approximate surface area is 109 Å².